The molecule has 8 heteroatoms. The van der Waals surface area contributed by atoms with Crippen molar-refractivity contribution in [2.75, 3.05) is 0 Å². The SMILES string of the molecule is Cc1cccc(CN2NNN=C2c2cnn(-c3ccc(F)cc3)c2SCc2ccccc2)c1. The lowest BCUT2D eigenvalue weighted by Gasteiger charge is -2.19. The van der Waals surface area contributed by atoms with E-state index in [-0.39, 0.29) is 5.82 Å². The van der Waals surface area contributed by atoms with Crippen LogP contribution in [-0.4, -0.2) is 20.6 Å². The molecule has 33 heavy (non-hydrogen) atoms. The molecule has 3 aromatic carbocycles. The summed E-state index contributed by atoms with van der Waals surface area (Å²) in [4.78, 5) is 0. The van der Waals surface area contributed by atoms with Gasteiger partial charge in [0.05, 0.1) is 24.0 Å². The second-order valence-corrected chi connectivity index (χ2v) is 8.72. The molecule has 166 valence electrons. The molecule has 2 heterocycles. The first-order valence-electron chi connectivity index (χ1n) is 10.6. The molecule has 0 atom stereocenters. The van der Waals surface area contributed by atoms with Crippen LogP contribution in [0.5, 0.6) is 0 Å². The van der Waals surface area contributed by atoms with Crippen LogP contribution in [0.2, 0.25) is 0 Å². The minimum Gasteiger partial charge on any atom is -0.266 e. The number of rotatable bonds is 7. The normalized spacial score (nSPS) is 13.2. The van der Waals surface area contributed by atoms with Gasteiger partial charge in [-0.2, -0.15) is 5.10 Å². The number of hydrazone groups is 1. The molecule has 0 radical (unpaired) electrons. The molecule has 0 bridgehead atoms. The van der Waals surface area contributed by atoms with E-state index in [1.54, 1.807) is 23.9 Å². The molecule has 1 aliphatic heterocycles. The van der Waals surface area contributed by atoms with E-state index in [4.69, 9.17) is 0 Å². The molecule has 0 spiro atoms. The average Bonchev–Trinajstić information content (AvgIpc) is 3.45. The largest absolute Gasteiger partial charge is 0.266 e. The van der Waals surface area contributed by atoms with Gasteiger partial charge in [0.2, 0.25) is 0 Å². The number of hydrogen-bond acceptors (Lipinski definition) is 6. The molecule has 5 rings (SSSR count). The zero-order valence-electron chi connectivity index (χ0n) is 18.1. The molecule has 0 fully saturated rings. The lowest BCUT2D eigenvalue weighted by Crippen LogP contribution is -2.40. The molecule has 2 N–H and O–H groups in total. The third-order valence-corrected chi connectivity index (χ3v) is 6.43. The van der Waals surface area contributed by atoms with Gasteiger partial charge in [0.25, 0.3) is 0 Å². The first kappa shape index (κ1) is 21.2. The summed E-state index contributed by atoms with van der Waals surface area (Å²) >= 11 is 1.67. The highest BCUT2D eigenvalue weighted by Gasteiger charge is 2.25. The van der Waals surface area contributed by atoms with Gasteiger partial charge < -0.3 is 0 Å². The zero-order chi connectivity index (χ0) is 22.6. The van der Waals surface area contributed by atoms with E-state index in [9.17, 15) is 4.39 Å². The van der Waals surface area contributed by atoms with Crippen LogP contribution in [0, 0.1) is 12.7 Å². The Kier molecular flexibility index (Phi) is 6.10. The summed E-state index contributed by atoms with van der Waals surface area (Å²) in [5.74, 6) is 1.25. The number of benzene rings is 3. The molecule has 0 saturated heterocycles. The van der Waals surface area contributed by atoms with Crippen LogP contribution in [0.15, 0.2) is 95.2 Å². The van der Waals surface area contributed by atoms with Crippen molar-refractivity contribution in [3.63, 3.8) is 0 Å². The summed E-state index contributed by atoms with van der Waals surface area (Å²) in [5.41, 5.74) is 11.3. The summed E-state index contributed by atoms with van der Waals surface area (Å²) in [6.45, 7) is 2.72. The fraction of sp³-hybridized carbons (Fsp3) is 0.120. The Morgan fingerprint density at radius 1 is 0.939 bits per heavy atom. The van der Waals surface area contributed by atoms with Gasteiger partial charge in [-0.25, -0.2) is 14.6 Å². The maximum atomic E-state index is 13.5. The quantitative estimate of drug-likeness (QED) is 0.390. The topological polar surface area (TPSA) is 57.5 Å². The van der Waals surface area contributed by atoms with Crippen LogP contribution in [0.3, 0.4) is 0 Å². The molecule has 0 amide bonds. The average molecular weight is 459 g/mol. The third-order valence-electron chi connectivity index (χ3n) is 5.28. The lowest BCUT2D eigenvalue weighted by molar-refractivity contribution is 0.288. The predicted octanol–water partition coefficient (Wildman–Crippen LogP) is 4.80. The summed E-state index contributed by atoms with van der Waals surface area (Å²) in [6.07, 6.45) is 1.81. The molecule has 0 saturated carbocycles. The minimum absolute atomic E-state index is 0.275. The zero-order valence-corrected chi connectivity index (χ0v) is 18.9. The first-order chi connectivity index (χ1) is 16.2. The van der Waals surface area contributed by atoms with Gasteiger partial charge >= 0.3 is 0 Å². The minimum atomic E-state index is -0.275. The fourth-order valence-corrected chi connectivity index (χ4v) is 4.76. The molecule has 6 nitrogen and oxygen atoms in total. The van der Waals surface area contributed by atoms with Gasteiger partial charge in [-0.1, -0.05) is 60.2 Å². The fourth-order valence-electron chi connectivity index (χ4n) is 3.69. The van der Waals surface area contributed by atoms with Crippen molar-refractivity contribution in [2.45, 2.75) is 24.2 Å². The molecule has 0 unspecified atom stereocenters. The Morgan fingerprint density at radius 3 is 2.52 bits per heavy atom. The highest BCUT2D eigenvalue weighted by atomic mass is 32.2. The number of thioether (sulfide) groups is 1. The molecule has 0 aliphatic carbocycles. The van der Waals surface area contributed by atoms with Crippen LogP contribution in [0.25, 0.3) is 5.69 Å². The highest BCUT2D eigenvalue weighted by Crippen LogP contribution is 2.30. The predicted molar refractivity (Wildman–Crippen MR) is 129 cm³/mol. The maximum absolute atomic E-state index is 13.5. The van der Waals surface area contributed by atoms with E-state index >= 15 is 0 Å². The summed E-state index contributed by atoms with van der Waals surface area (Å²) in [7, 11) is 0. The van der Waals surface area contributed by atoms with Crippen molar-refractivity contribution in [2.24, 2.45) is 5.10 Å². The number of hydrogen-bond donors (Lipinski definition) is 2. The Hall–Kier alpha value is -3.62. The van der Waals surface area contributed by atoms with E-state index in [0.717, 1.165) is 27.9 Å². The Bertz CT molecular complexity index is 1270. The van der Waals surface area contributed by atoms with Gasteiger partial charge in [-0.3, -0.25) is 5.01 Å². The summed E-state index contributed by atoms with van der Waals surface area (Å²) in [6, 6.07) is 25.0. The van der Waals surface area contributed by atoms with E-state index in [1.165, 1.54) is 28.8 Å². The van der Waals surface area contributed by atoms with Crippen LogP contribution >= 0.6 is 11.8 Å². The van der Waals surface area contributed by atoms with E-state index in [2.05, 4.69) is 64.6 Å². The molecule has 1 aliphatic rings. The standard InChI is InChI=1S/C25H23FN6S/c1-18-6-5-9-20(14-18)16-31-24(28-29-30-31)23-15-27-32(22-12-10-21(26)11-13-22)25(23)33-17-19-7-3-2-4-8-19/h2-15,29-30H,16-17H2,1H3. The van der Waals surface area contributed by atoms with E-state index < -0.39 is 0 Å². The highest BCUT2D eigenvalue weighted by molar-refractivity contribution is 7.98. The van der Waals surface area contributed by atoms with Crippen LogP contribution in [-0.2, 0) is 12.3 Å². The second kappa shape index (κ2) is 9.48. The van der Waals surface area contributed by atoms with Crippen molar-refractivity contribution in [3.8, 4) is 5.69 Å². The number of nitrogens with one attached hydrogen (secondary N) is 2. The number of aromatic nitrogens is 2. The van der Waals surface area contributed by atoms with Crippen molar-refractivity contribution >= 4 is 17.6 Å². The monoisotopic (exact) mass is 458 g/mol. The van der Waals surface area contributed by atoms with Gasteiger partial charge in [0.1, 0.15) is 10.8 Å². The number of amidine groups is 1. The van der Waals surface area contributed by atoms with Gasteiger partial charge in [-0.15, -0.1) is 22.4 Å². The Morgan fingerprint density at radius 2 is 1.73 bits per heavy atom. The second-order valence-electron chi connectivity index (χ2n) is 7.76. The van der Waals surface area contributed by atoms with Gasteiger partial charge in [0, 0.05) is 5.75 Å². The van der Waals surface area contributed by atoms with E-state index in [0.29, 0.717) is 6.54 Å². The van der Waals surface area contributed by atoms with Gasteiger partial charge in [-0.05, 0) is 42.3 Å². The van der Waals surface area contributed by atoms with Crippen molar-refractivity contribution < 1.29 is 4.39 Å². The number of nitrogens with zero attached hydrogens (tertiary/aromatic N) is 4. The van der Waals surface area contributed by atoms with E-state index in [1.807, 2.05) is 34.1 Å². The van der Waals surface area contributed by atoms with Crippen molar-refractivity contribution in [1.82, 2.24) is 25.9 Å². The lowest BCUT2D eigenvalue weighted by atomic mass is 10.1. The molecule has 4 aromatic rings. The van der Waals surface area contributed by atoms with Crippen LogP contribution in [0.4, 0.5) is 4.39 Å². The first-order valence-corrected chi connectivity index (χ1v) is 11.6. The smallest absolute Gasteiger partial charge is 0.177 e. The third kappa shape index (κ3) is 4.76. The molecular weight excluding hydrogens is 435 g/mol. The summed E-state index contributed by atoms with van der Waals surface area (Å²) in [5, 5.41) is 12.0. The van der Waals surface area contributed by atoms with Crippen LogP contribution in [0.1, 0.15) is 22.3 Å². The Balaban J connectivity index is 1.48. The van der Waals surface area contributed by atoms with Gasteiger partial charge in [0.15, 0.2) is 5.84 Å². The number of halogens is 1. The number of hydrazine groups is 2. The molecular formula is C25H23FN6S. The Labute approximate surface area is 196 Å². The summed E-state index contributed by atoms with van der Waals surface area (Å²) < 4.78 is 15.4. The number of aryl methyl sites for hydroxylation is 1. The van der Waals surface area contributed by atoms with Crippen molar-refractivity contribution in [1.29, 1.82) is 0 Å². The molecule has 1 aromatic heterocycles. The maximum Gasteiger partial charge on any atom is 0.177 e. The van der Waals surface area contributed by atoms with Crippen LogP contribution < -0.4 is 11.1 Å². The van der Waals surface area contributed by atoms with Crippen molar-refractivity contribution in [3.05, 3.63) is 113 Å².